The fourth-order valence-electron chi connectivity index (χ4n) is 6.93. The molecule has 0 N–H and O–H groups in total. The smallest absolute Gasteiger partial charge is 0.258 e. The van der Waals surface area contributed by atoms with Crippen molar-refractivity contribution in [2.24, 2.45) is 0 Å². The van der Waals surface area contributed by atoms with Crippen molar-refractivity contribution in [3.63, 3.8) is 0 Å². The number of benzene rings is 4. The van der Waals surface area contributed by atoms with Gasteiger partial charge in [0.05, 0.1) is 36.5 Å². The SMILES string of the molecule is CCCCCCOc1ccc(-c2noc(-c3cc(-c4nc(-c5ccc(OCCCCCC)c(F)c5F)no4)cc(-c4nc(-c5ccc(OCCCCCC)c(F)c5F)no4)c3)n2)c(F)c1F. The summed E-state index contributed by atoms with van der Waals surface area (Å²) in [4.78, 5) is 13.0. The summed E-state index contributed by atoms with van der Waals surface area (Å²) in [6, 6.07) is 12.0. The van der Waals surface area contributed by atoms with Gasteiger partial charge in [0.25, 0.3) is 17.7 Å². The van der Waals surface area contributed by atoms with Crippen LogP contribution in [0.15, 0.2) is 68.2 Å². The van der Waals surface area contributed by atoms with E-state index in [2.05, 4.69) is 51.2 Å². The number of hydrogen-bond acceptors (Lipinski definition) is 12. The summed E-state index contributed by atoms with van der Waals surface area (Å²) in [7, 11) is 0. The largest absolute Gasteiger partial charge is 0.490 e. The number of rotatable bonds is 24. The van der Waals surface area contributed by atoms with Gasteiger partial charge in [-0.2, -0.15) is 28.1 Å². The Morgan fingerprint density at radius 3 is 0.939 bits per heavy atom. The number of aromatic nitrogens is 6. The first kappa shape index (κ1) is 47.2. The van der Waals surface area contributed by atoms with E-state index in [1.807, 2.05) is 0 Å². The zero-order chi connectivity index (χ0) is 46.6. The molecule has 0 saturated carbocycles. The molecule has 7 aromatic rings. The number of unbranched alkanes of at least 4 members (excludes halogenated alkanes) is 9. The van der Waals surface area contributed by atoms with Crippen LogP contribution in [0.5, 0.6) is 17.2 Å². The van der Waals surface area contributed by atoms with E-state index in [0.717, 1.165) is 57.8 Å². The zero-order valence-corrected chi connectivity index (χ0v) is 36.7. The Morgan fingerprint density at radius 1 is 0.379 bits per heavy atom. The van der Waals surface area contributed by atoms with Crippen LogP contribution in [-0.4, -0.2) is 50.2 Å². The van der Waals surface area contributed by atoms with Crippen LogP contribution >= 0.6 is 0 Å². The summed E-state index contributed by atoms with van der Waals surface area (Å²) in [6.45, 7) is 6.80. The maximum Gasteiger partial charge on any atom is 0.258 e. The molecule has 0 radical (unpaired) electrons. The van der Waals surface area contributed by atoms with Crippen LogP contribution in [0.3, 0.4) is 0 Å². The van der Waals surface area contributed by atoms with Gasteiger partial charge in [0.15, 0.2) is 34.7 Å². The minimum absolute atomic E-state index is 0.129. The molecule has 0 unspecified atom stereocenters. The van der Waals surface area contributed by atoms with Gasteiger partial charge in [-0.25, -0.2) is 13.2 Å². The molecule has 4 aromatic carbocycles. The lowest BCUT2D eigenvalue weighted by atomic mass is 10.0. The predicted molar refractivity (Wildman–Crippen MR) is 231 cm³/mol. The van der Waals surface area contributed by atoms with Crippen molar-refractivity contribution >= 4 is 0 Å². The van der Waals surface area contributed by atoms with Crippen molar-refractivity contribution in [3.05, 3.63) is 89.5 Å². The Hall–Kier alpha value is -6.72. The van der Waals surface area contributed by atoms with Crippen LogP contribution in [0.4, 0.5) is 26.3 Å². The quantitative estimate of drug-likeness (QED) is 0.0420. The number of halogens is 6. The molecule has 0 aliphatic carbocycles. The molecule has 348 valence electrons. The summed E-state index contributed by atoms with van der Waals surface area (Å²) >= 11 is 0. The van der Waals surface area contributed by atoms with E-state index in [1.165, 1.54) is 54.6 Å². The molecule has 0 aliphatic rings. The average molecular weight is 919 g/mol. The monoisotopic (exact) mass is 918 g/mol. The first-order valence-electron chi connectivity index (χ1n) is 22.1. The van der Waals surface area contributed by atoms with Crippen molar-refractivity contribution in [2.45, 2.75) is 97.8 Å². The lowest BCUT2D eigenvalue weighted by Gasteiger charge is -2.09. The Labute approximate surface area is 376 Å². The molecule has 12 nitrogen and oxygen atoms in total. The second-order valence-electron chi connectivity index (χ2n) is 15.5. The highest BCUT2D eigenvalue weighted by Crippen LogP contribution is 2.37. The highest BCUT2D eigenvalue weighted by Gasteiger charge is 2.26. The molecule has 0 atom stereocenters. The summed E-state index contributed by atoms with van der Waals surface area (Å²) in [5, 5.41) is 11.7. The fraction of sp³-hybridized carbons (Fsp3) is 0.375. The van der Waals surface area contributed by atoms with Gasteiger partial charge >= 0.3 is 0 Å². The second-order valence-corrected chi connectivity index (χ2v) is 15.5. The standard InChI is InChI=1S/C48H48F6N6O6/c1-4-7-10-13-22-61-34-19-16-31(37(49)40(34)52)43-55-46(64-58-43)28-25-29(47-56-44(59-65-47)32-17-20-35(41(53)38(32)50)62-23-14-11-8-5-2)27-30(26-28)48-57-45(60-66-48)33-18-21-36(42(54)39(33)51)63-24-15-12-9-6-3/h16-21,25-27H,4-15,22-24H2,1-3H3. The Balaban J connectivity index is 1.21. The third-order valence-corrected chi connectivity index (χ3v) is 10.6. The van der Waals surface area contributed by atoms with Gasteiger partial charge in [-0.1, -0.05) is 94.0 Å². The molecule has 18 heteroatoms. The van der Waals surface area contributed by atoms with Crippen molar-refractivity contribution in [1.82, 2.24) is 30.4 Å². The highest BCUT2D eigenvalue weighted by atomic mass is 19.2. The van der Waals surface area contributed by atoms with Crippen molar-refractivity contribution in [2.75, 3.05) is 19.8 Å². The third-order valence-electron chi connectivity index (χ3n) is 10.6. The Kier molecular flexibility index (Phi) is 16.1. The molecule has 7 rings (SSSR count). The lowest BCUT2D eigenvalue weighted by Crippen LogP contribution is -2.02. The molecule has 0 bridgehead atoms. The van der Waals surface area contributed by atoms with E-state index in [4.69, 9.17) is 27.8 Å². The predicted octanol–water partition coefficient (Wildman–Crippen LogP) is 13.5. The fourth-order valence-corrected chi connectivity index (χ4v) is 6.93. The van der Waals surface area contributed by atoms with E-state index in [0.29, 0.717) is 19.3 Å². The first-order valence-corrected chi connectivity index (χ1v) is 22.1. The normalized spacial score (nSPS) is 11.4. The van der Waals surface area contributed by atoms with E-state index in [9.17, 15) is 0 Å². The topological polar surface area (TPSA) is 144 Å². The highest BCUT2D eigenvalue weighted by molar-refractivity contribution is 5.75. The molecule has 3 heterocycles. The molecule has 66 heavy (non-hydrogen) atoms. The number of hydrogen-bond donors (Lipinski definition) is 0. The van der Waals surface area contributed by atoms with E-state index >= 15 is 26.3 Å². The Morgan fingerprint density at radius 2 is 0.667 bits per heavy atom. The minimum atomic E-state index is -1.26. The number of ether oxygens (including phenoxy) is 3. The molecule has 0 saturated heterocycles. The van der Waals surface area contributed by atoms with E-state index in [-0.39, 0.29) is 106 Å². The summed E-state index contributed by atoms with van der Waals surface area (Å²) < 4.78 is 125. The van der Waals surface area contributed by atoms with Gasteiger partial charge in [0.1, 0.15) is 0 Å². The Bertz CT molecular complexity index is 2420. The second kappa shape index (κ2) is 22.5. The van der Waals surface area contributed by atoms with Crippen LogP contribution in [0.1, 0.15) is 97.8 Å². The molecular formula is C48H48F6N6O6. The van der Waals surface area contributed by atoms with Gasteiger partial charge < -0.3 is 27.8 Å². The van der Waals surface area contributed by atoms with Gasteiger partial charge in [0, 0.05) is 16.7 Å². The first-order chi connectivity index (χ1) is 32.1. The molecular weight excluding hydrogens is 871 g/mol. The third kappa shape index (κ3) is 11.0. The van der Waals surface area contributed by atoms with Gasteiger partial charge in [-0.3, -0.25) is 0 Å². The van der Waals surface area contributed by atoms with Crippen LogP contribution in [0.2, 0.25) is 0 Å². The molecule has 0 spiro atoms. The lowest BCUT2D eigenvalue weighted by molar-refractivity contribution is 0.285. The van der Waals surface area contributed by atoms with Crippen molar-refractivity contribution in [3.8, 4) is 85.8 Å². The maximum atomic E-state index is 15.4. The van der Waals surface area contributed by atoms with Crippen LogP contribution in [0, 0.1) is 34.9 Å². The van der Waals surface area contributed by atoms with Crippen LogP contribution in [0.25, 0.3) is 68.5 Å². The van der Waals surface area contributed by atoms with Gasteiger partial charge in [0.2, 0.25) is 34.9 Å². The van der Waals surface area contributed by atoms with E-state index < -0.39 is 34.9 Å². The van der Waals surface area contributed by atoms with Crippen LogP contribution in [-0.2, 0) is 0 Å². The van der Waals surface area contributed by atoms with Gasteiger partial charge in [-0.05, 0) is 73.9 Å². The van der Waals surface area contributed by atoms with E-state index in [1.54, 1.807) is 0 Å². The molecule has 0 aliphatic heterocycles. The summed E-state index contributed by atoms with van der Waals surface area (Å²) in [5.74, 6) is -9.77. The molecule has 0 amide bonds. The van der Waals surface area contributed by atoms with Crippen molar-refractivity contribution < 1.29 is 54.1 Å². The zero-order valence-electron chi connectivity index (χ0n) is 36.7. The maximum absolute atomic E-state index is 15.4. The minimum Gasteiger partial charge on any atom is -0.490 e. The summed E-state index contributed by atoms with van der Waals surface area (Å²) in [5.41, 5.74) is -0.559. The number of nitrogens with zero attached hydrogens (tertiary/aromatic N) is 6. The van der Waals surface area contributed by atoms with Crippen molar-refractivity contribution in [1.29, 1.82) is 0 Å². The van der Waals surface area contributed by atoms with Gasteiger partial charge in [-0.15, -0.1) is 0 Å². The average Bonchev–Trinajstić information content (AvgIpc) is 4.13. The van der Waals surface area contributed by atoms with Crippen LogP contribution < -0.4 is 14.2 Å². The summed E-state index contributed by atoms with van der Waals surface area (Å²) in [6.07, 6.45) is 10.7. The molecule has 3 aromatic heterocycles. The molecule has 0 fully saturated rings.